The molecule has 0 spiro atoms. The summed E-state index contributed by atoms with van der Waals surface area (Å²) in [5.74, 6) is -0.434. The zero-order valence-corrected chi connectivity index (χ0v) is 12.1. The number of benzene rings is 1. The van der Waals surface area contributed by atoms with Gasteiger partial charge in [0.25, 0.3) is 5.91 Å². The number of aromatic nitrogens is 2. The van der Waals surface area contributed by atoms with Crippen LogP contribution in [0, 0.1) is 5.82 Å². The van der Waals surface area contributed by atoms with Gasteiger partial charge in [-0.2, -0.15) is 10.2 Å². The Kier molecular flexibility index (Phi) is 4.47. The van der Waals surface area contributed by atoms with Crippen LogP contribution in [0.1, 0.15) is 48.4 Å². The molecule has 1 aromatic heterocycles. The van der Waals surface area contributed by atoms with E-state index in [2.05, 4.69) is 20.7 Å². The van der Waals surface area contributed by atoms with Gasteiger partial charge in [-0.15, -0.1) is 0 Å². The largest absolute Gasteiger partial charge is 0.291 e. The smallest absolute Gasteiger partial charge is 0.282 e. The topological polar surface area (TPSA) is 70.1 Å². The number of H-pyrrole nitrogens is 1. The highest BCUT2D eigenvalue weighted by molar-refractivity contribution is 6.00. The Balaban J connectivity index is 2.05. The van der Waals surface area contributed by atoms with Crippen molar-refractivity contribution in [3.8, 4) is 0 Å². The van der Waals surface area contributed by atoms with E-state index in [1.807, 2.05) is 13.8 Å². The van der Waals surface area contributed by atoms with Crippen molar-refractivity contribution in [1.82, 2.24) is 15.6 Å². The van der Waals surface area contributed by atoms with Gasteiger partial charge in [0.05, 0.1) is 5.71 Å². The Morgan fingerprint density at radius 2 is 2.00 bits per heavy atom. The highest BCUT2D eigenvalue weighted by Crippen LogP contribution is 2.11. The quantitative estimate of drug-likeness (QED) is 0.671. The number of nitrogens with zero attached hydrogens (tertiary/aromatic N) is 2. The van der Waals surface area contributed by atoms with Crippen LogP contribution in [0.25, 0.3) is 0 Å². The van der Waals surface area contributed by atoms with Crippen molar-refractivity contribution in [2.24, 2.45) is 5.10 Å². The number of aromatic amines is 1. The second-order valence-corrected chi connectivity index (χ2v) is 5.01. The summed E-state index contributed by atoms with van der Waals surface area (Å²) in [7, 11) is 0. The first-order chi connectivity index (χ1) is 9.97. The maximum absolute atomic E-state index is 12.8. The molecular weight excluding hydrogens is 271 g/mol. The Labute approximate surface area is 122 Å². The number of hydrazone groups is 1. The van der Waals surface area contributed by atoms with Gasteiger partial charge in [0.2, 0.25) is 0 Å². The minimum atomic E-state index is -0.389. The fourth-order valence-electron chi connectivity index (χ4n) is 1.70. The lowest BCUT2D eigenvalue weighted by Crippen LogP contribution is -2.19. The molecule has 0 fully saturated rings. The number of carbonyl (C=O) groups excluding carboxylic acids is 1. The fraction of sp³-hybridized carbons (Fsp3) is 0.267. The molecule has 0 aliphatic carbocycles. The van der Waals surface area contributed by atoms with Crippen molar-refractivity contribution in [2.75, 3.05) is 0 Å². The molecule has 0 saturated carbocycles. The summed E-state index contributed by atoms with van der Waals surface area (Å²) in [6, 6.07) is 7.60. The molecular formula is C15H17FN4O. The molecule has 0 aliphatic rings. The minimum Gasteiger partial charge on any atom is -0.282 e. The van der Waals surface area contributed by atoms with E-state index in [-0.39, 0.29) is 23.3 Å². The SMILES string of the molecule is C/C(=N/NC(=O)c1cc(C(C)C)[nH]n1)c1ccc(F)cc1. The number of amides is 1. The third-order valence-electron chi connectivity index (χ3n) is 3.04. The highest BCUT2D eigenvalue weighted by atomic mass is 19.1. The first-order valence-corrected chi connectivity index (χ1v) is 6.63. The summed E-state index contributed by atoms with van der Waals surface area (Å²) in [5.41, 5.74) is 4.94. The van der Waals surface area contributed by atoms with Gasteiger partial charge in [-0.25, -0.2) is 9.82 Å². The van der Waals surface area contributed by atoms with Crippen LogP contribution < -0.4 is 5.43 Å². The summed E-state index contributed by atoms with van der Waals surface area (Å²) >= 11 is 0. The Morgan fingerprint density at radius 3 is 2.57 bits per heavy atom. The minimum absolute atomic E-state index is 0.267. The second kappa shape index (κ2) is 6.30. The molecule has 0 bridgehead atoms. The van der Waals surface area contributed by atoms with Gasteiger partial charge in [0, 0.05) is 5.69 Å². The number of hydrogen-bond donors (Lipinski definition) is 2. The van der Waals surface area contributed by atoms with Crippen molar-refractivity contribution in [3.05, 3.63) is 53.1 Å². The van der Waals surface area contributed by atoms with E-state index in [0.717, 1.165) is 11.3 Å². The van der Waals surface area contributed by atoms with Crippen LogP contribution in [0.5, 0.6) is 0 Å². The number of nitrogens with one attached hydrogen (secondary N) is 2. The molecule has 0 unspecified atom stereocenters. The summed E-state index contributed by atoms with van der Waals surface area (Å²) in [4.78, 5) is 11.9. The molecule has 21 heavy (non-hydrogen) atoms. The fourth-order valence-corrected chi connectivity index (χ4v) is 1.70. The van der Waals surface area contributed by atoms with Crippen LogP contribution in [0.4, 0.5) is 4.39 Å². The monoisotopic (exact) mass is 288 g/mol. The molecule has 0 saturated heterocycles. The summed E-state index contributed by atoms with van der Waals surface area (Å²) in [5, 5.41) is 10.7. The molecule has 0 aliphatic heterocycles. The van der Waals surface area contributed by atoms with Crippen LogP contribution >= 0.6 is 0 Å². The molecule has 1 amide bonds. The third kappa shape index (κ3) is 3.75. The average molecular weight is 288 g/mol. The third-order valence-corrected chi connectivity index (χ3v) is 3.04. The van der Waals surface area contributed by atoms with Crippen LogP contribution in [-0.2, 0) is 0 Å². The van der Waals surface area contributed by atoms with Gasteiger partial charge in [0.15, 0.2) is 5.69 Å². The van der Waals surface area contributed by atoms with Crippen molar-refractivity contribution >= 4 is 11.6 Å². The normalized spacial score (nSPS) is 11.8. The van der Waals surface area contributed by atoms with E-state index in [1.165, 1.54) is 12.1 Å². The number of carbonyl (C=O) groups is 1. The number of rotatable bonds is 4. The lowest BCUT2D eigenvalue weighted by Gasteiger charge is -2.01. The van der Waals surface area contributed by atoms with Crippen molar-refractivity contribution in [3.63, 3.8) is 0 Å². The molecule has 1 heterocycles. The predicted octanol–water partition coefficient (Wildman–Crippen LogP) is 2.83. The predicted molar refractivity (Wildman–Crippen MR) is 78.8 cm³/mol. The molecule has 2 aromatic rings. The molecule has 110 valence electrons. The Hall–Kier alpha value is -2.50. The Morgan fingerprint density at radius 1 is 1.33 bits per heavy atom. The first-order valence-electron chi connectivity index (χ1n) is 6.63. The van der Waals surface area contributed by atoms with E-state index in [9.17, 15) is 9.18 Å². The van der Waals surface area contributed by atoms with Gasteiger partial charge < -0.3 is 0 Å². The standard InChI is InChI=1S/C15H17FN4O/c1-9(2)13-8-14(19-18-13)15(21)20-17-10(3)11-4-6-12(16)7-5-11/h4-9H,1-3H3,(H,18,19)(H,20,21)/b17-10-. The summed E-state index contributed by atoms with van der Waals surface area (Å²) < 4.78 is 12.8. The average Bonchev–Trinajstić information content (AvgIpc) is 2.95. The van der Waals surface area contributed by atoms with Crippen molar-refractivity contribution in [1.29, 1.82) is 0 Å². The first kappa shape index (κ1) is 14.9. The van der Waals surface area contributed by atoms with E-state index in [0.29, 0.717) is 5.71 Å². The van der Waals surface area contributed by atoms with E-state index in [1.54, 1.807) is 25.1 Å². The van der Waals surface area contributed by atoms with Crippen LogP contribution in [-0.4, -0.2) is 21.8 Å². The van der Waals surface area contributed by atoms with Gasteiger partial charge in [-0.3, -0.25) is 9.89 Å². The molecule has 0 atom stereocenters. The van der Waals surface area contributed by atoms with Crippen LogP contribution in [0.15, 0.2) is 35.4 Å². The van der Waals surface area contributed by atoms with Gasteiger partial charge in [-0.1, -0.05) is 26.0 Å². The van der Waals surface area contributed by atoms with Crippen LogP contribution in [0.3, 0.4) is 0 Å². The molecule has 6 heteroatoms. The van der Waals surface area contributed by atoms with Gasteiger partial charge >= 0.3 is 0 Å². The number of hydrogen-bond acceptors (Lipinski definition) is 3. The van der Waals surface area contributed by atoms with E-state index < -0.39 is 0 Å². The second-order valence-electron chi connectivity index (χ2n) is 5.01. The van der Waals surface area contributed by atoms with Gasteiger partial charge in [0.1, 0.15) is 5.82 Å². The van der Waals surface area contributed by atoms with Crippen molar-refractivity contribution in [2.45, 2.75) is 26.7 Å². The maximum Gasteiger partial charge on any atom is 0.291 e. The van der Waals surface area contributed by atoms with Crippen LogP contribution in [0.2, 0.25) is 0 Å². The number of halogens is 1. The zero-order valence-electron chi connectivity index (χ0n) is 12.1. The highest BCUT2D eigenvalue weighted by Gasteiger charge is 2.11. The summed E-state index contributed by atoms with van der Waals surface area (Å²) in [6.07, 6.45) is 0. The molecule has 2 N–H and O–H groups in total. The lowest BCUT2D eigenvalue weighted by molar-refractivity contribution is 0.0950. The molecule has 2 rings (SSSR count). The lowest BCUT2D eigenvalue weighted by atomic mass is 10.1. The Bertz CT molecular complexity index is 659. The van der Waals surface area contributed by atoms with E-state index >= 15 is 0 Å². The summed E-state index contributed by atoms with van der Waals surface area (Å²) in [6.45, 7) is 5.75. The molecule has 0 radical (unpaired) electrons. The molecule has 1 aromatic carbocycles. The van der Waals surface area contributed by atoms with Crippen molar-refractivity contribution < 1.29 is 9.18 Å². The maximum atomic E-state index is 12.8. The molecule has 5 nitrogen and oxygen atoms in total. The van der Waals surface area contributed by atoms with E-state index in [4.69, 9.17) is 0 Å². The zero-order chi connectivity index (χ0) is 15.4. The van der Waals surface area contributed by atoms with Gasteiger partial charge in [-0.05, 0) is 36.6 Å².